The number of carbonyl (C=O) groups excluding carboxylic acids is 2. The molecule has 0 fully saturated rings. The van der Waals surface area contributed by atoms with Crippen LogP contribution >= 0.6 is 0 Å². The van der Waals surface area contributed by atoms with Gasteiger partial charge in [-0.1, -0.05) is 12.2 Å². The van der Waals surface area contributed by atoms with Gasteiger partial charge < -0.3 is 15.4 Å². The van der Waals surface area contributed by atoms with Gasteiger partial charge in [-0.15, -0.1) is 0 Å². The Morgan fingerprint density at radius 3 is 2.35 bits per heavy atom. The van der Waals surface area contributed by atoms with Crippen molar-refractivity contribution in [3.05, 3.63) is 42.0 Å². The normalized spacial score (nSPS) is 9.90. The van der Waals surface area contributed by atoms with Gasteiger partial charge in [0.2, 0.25) is 5.91 Å². The van der Waals surface area contributed by atoms with Crippen LogP contribution in [0.5, 0.6) is 5.75 Å². The quantitative estimate of drug-likeness (QED) is 0.769. The zero-order valence-electron chi connectivity index (χ0n) is 11.9. The van der Waals surface area contributed by atoms with Crippen LogP contribution < -0.4 is 10.5 Å². The Balaban J connectivity index is 2.55. The maximum absolute atomic E-state index is 11.9. The van der Waals surface area contributed by atoms with Crippen LogP contribution in [0.15, 0.2) is 36.4 Å². The number of likely N-dealkylation sites (N-methyl/N-ethyl adjacent to an activating group) is 1. The van der Waals surface area contributed by atoms with Crippen molar-refractivity contribution in [1.29, 1.82) is 0 Å². The highest BCUT2D eigenvalue weighted by Crippen LogP contribution is 2.12. The molecule has 2 amide bonds. The molecule has 1 aromatic carbocycles. The third-order valence-corrected chi connectivity index (χ3v) is 2.70. The first-order chi connectivity index (χ1) is 9.43. The number of nitrogens with zero attached hydrogens (tertiary/aromatic N) is 1. The first-order valence-electron chi connectivity index (χ1n) is 6.38. The number of carbonyl (C=O) groups is 2. The van der Waals surface area contributed by atoms with Crippen LogP contribution in [0.4, 0.5) is 0 Å². The molecule has 0 aliphatic carbocycles. The highest BCUT2D eigenvalue weighted by Gasteiger charge is 2.12. The minimum atomic E-state index is -0.494. The summed E-state index contributed by atoms with van der Waals surface area (Å²) in [6.45, 7) is 8.66. The van der Waals surface area contributed by atoms with E-state index < -0.39 is 5.91 Å². The Kier molecular flexibility index (Phi) is 5.77. The minimum absolute atomic E-state index is 0.0446. The van der Waals surface area contributed by atoms with Crippen molar-refractivity contribution in [2.75, 3.05) is 19.7 Å². The lowest BCUT2D eigenvalue weighted by atomic mass is 10.2. The average Bonchev–Trinajstić information content (AvgIpc) is 2.42. The highest BCUT2D eigenvalue weighted by atomic mass is 16.5. The summed E-state index contributed by atoms with van der Waals surface area (Å²) in [6, 6.07) is 6.35. The van der Waals surface area contributed by atoms with E-state index >= 15 is 0 Å². The summed E-state index contributed by atoms with van der Waals surface area (Å²) in [6.07, 6.45) is 0. The number of nitrogens with two attached hydrogens (primary N) is 1. The molecule has 0 saturated carbocycles. The lowest BCUT2D eigenvalue weighted by Crippen LogP contribution is -2.35. The Labute approximate surface area is 119 Å². The molecular formula is C15H20N2O3. The predicted octanol–water partition coefficient (Wildman–Crippen LogP) is 1.59. The summed E-state index contributed by atoms with van der Waals surface area (Å²) in [7, 11) is 0. The number of ether oxygens (including phenoxy) is 1. The topological polar surface area (TPSA) is 72.6 Å². The third-order valence-electron chi connectivity index (χ3n) is 2.70. The summed E-state index contributed by atoms with van der Waals surface area (Å²) >= 11 is 0. The van der Waals surface area contributed by atoms with Gasteiger partial charge in [0.25, 0.3) is 5.91 Å². The van der Waals surface area contributed by atoms with Crippen molar-refractivity contribution in [1.82, 2.24) is 4.90 Å². The van der Waals surface area contributed by atoms with E-state index in [1.54, 1.807) is 29.2 Å². The monoisotopic (exact) mass is 276 g/mol. The van der Waals surface area contributed by atoms with E-state index in [4.69, 9.17) is 10.5 Å². The number of benzene rings is 1. The molecule has 1 rings (SSSR count). The molecule has 5 heteroatoms. The van der Waals surface area contributed by atoms with Crippen LogP contribution in [0.25, 0.3) is 0 Å². The van der Waals surface area contributed by atoms with Crippen LogP contribution in [-0.2, 0) is 4.79 Å². The lowest BCUT2D eigenvalue weighted by Gasteiger charge is -2.21. The molecule has 0 spiro atoms. The molecule has 2 N–H and O–H groups in total. The first kappa shape index (κ1) is 15.8. The summed E-state index contributed by atoms with van der Waals surface area (Å²) in [5, 5.41) is 0. The van der Waals surface area contributed by atoms with E-state index in [1.165, 1.54) is 0 Å². The van der Waals surface area contributed by atoms with E-state index in [-0.39, 0.29) is 12.5 Å². The number of primary amides is 1. The van der Waals surface area contributed by atoms with Crippen molar-refractivity contribution >= 4 is 11.8 Å². The molecule has 0 aromatic heterocycles. The molecule has 0 heterocycles. The van der Waals surface area contributed by atoms with Crippen LogP contribution in [0.1, 0.15) is 24.2 Å². The van der Waals surface area contributed by atoms with Crippen LogP contribution in [-0.4, -0.2) is 36.4 Å². The SMILES string of the molecule is C=C(C)CN(CC)C(=O)COc1ccc(C(N)=O)cc1. The van der Waals surface area contributed by atoms with Crippen molar-refractivity contribution in [2.45, 2.75) is 13.8 Å². The molecule has 5 nitrogen and oxygen atoms in total. The van der Waals surface area contributed by atoms with E-state index in [0.29, 0.717) is 24.4 Å². The van der Waals surface area contributed by atoms with Gasteiger partial charge in [-0.2, -0.15) is 0 Å². The maximum atomic E-state index is 11.9. The maximum Gasteiger partial charge on any atom is 0.260 e. The Morgan fingerprint density at radius 2 is 1.90 bits per heavy atom. The number of amides is 2. The fourth-order valence-electron chi connectivity index (χ4n) is 1.65. The minimum Gasteiger partial charge on any atom is -0.484 e. The molecule has 0 atom stereocenters. The van der Waals surface area contributed by atoms with Gasteiger partial charge in [0, 0.05) is 18.7 Å². The second-order valence-corrected chi connectivity index (χ2v) is 4.54. The fraction of sp³-hybridized carbons (Fsp3) is 0.333. The van der Waals surface area contributed by atoms with E-state index in [9.17, 15) is 9.59 Å². The molecule has 0 aliphatic rings. The van der Waals surface area contributed by atoms with Crippen LogP contribution in [0.2, 0.25) is 0 Å². The smallest absolute Gasteiger partial charge is 0.260 e. The Bertz CT molecular complexity index is 494. The van der Waals surface area contributed by atoms with Crippen molar-refractivity contribution < 1.29 is 14.3 Å². The molecule has 1 aromatic rings. The number of hydrogen-bond donors (Lipinski definition) is 1. The standard InChI is InChI=1S/C15H20N2O3/c1-4-17(9-11(2)3)14(18)10-20-13-7-5-12(6-8-13)15(16)19/h5-8H,2,4,9-10H2,1,3H3,(H2,16,19). The molecule has 0 unspecified atom stereocenters. The van der Waals surface area contributed by atoms with E-state index in [2.05, 4.69) is 6.58 Å². The van der Waals surface area contributed by atoms with Crippen molar-refractivity contribution in [3.8, 4) is 5.75 Å². The summed E-state index contributed by atoms with van der Waals surface area (Å²) in [5.41, 5.74) is 6.47. The number of rotatable bonds is 7. The largest absolute Gasteiger partial charge is 0.484 e. The van der Waals surface area contributed by atoms with Gasteiger partial charge >= 0.3 is 0 Å². The highest BCUT2D eigenvalue weighted by molar-refractivity contribution is 5.92. The average molecular weight is 276 g/mol. The fourth-order valence-corrected chi connectivity index (χ4v) is 1.65. The molecule has 0 bridgehead atoms. The summed E-state index contributed by atoms with van der Waals surface area (Å²) in [4.78, 5) is 24.5. The molecule has 0 radical (unpaired) electrons. The Morgan fingerprint density at radius 1 is 1.30 bits per heavy atom. The van der Waals surface area contributed by atoms with Crippen molar-refractivity contribution in [3.63, 3.8) is 0 Å². The van der Waals surface area contributed by atoms with Crippen LogP contribution in [0, 0.1) is 0 Å². The second-order valence-electron chi connectivity index (χ2n) is 4.54. The number of hydrogen-bond acceptors (Lipinski definition) is 3. The van der Waals surface area contributed by atoms with Gasteiger partial charge in [0.1, 0.15) is 5.75 Å². The lowest BCUT2D eigenvalue weighted by molar-refractivity contribution is -0.132. The first-order valence-corrected chi connectivity index (χ1v) is 6.38. The van der Waals surface area contributed by atoms with Gasteiger partial charge in [0.05, 0.1) is 0 Å². The molecular weight excluding hydrogens is 256 g/mol. The van der Waals surface area contributed by atoms with Crippen LogP contribution in [0.3, 0.4) is 0 Å². The zero-order chi connectivity index (χ0) is 15.1. The summed E-state index contributed by atoms with van der Waals surface area (Å²) < 4.78 is 5.39. The summed E-state index contributed by atoms with van der Waals surface area (Å²) in [5.74, 6) is -0.0737. The van der Waals surface area contributed by atoms with Gasteiger partial charge in [-0.25, -0.2) is 0 Å². The zero-order valence-corrected chi connectivity index (χ0v) is 11.9. The third kappa shape index (κ3) is 4.76. The van der Waals surface area contributed by atoms with Crippen molar-refractivity contribution in [2.24, 2.45) is 5.73 Å². The second kappa shape index (κ2) is 7.33. The van der Waals surface area contributed by atoms with Gasteiger partial charge in [-0.3, -0.25) is 9.59 Å². The van der Waals surface area contributed by atoms with E-state index in [1.807, 2.05) is 13.8 Å². The molecule has 0 saturated heterocycles. The molecule has 108 valence electrons. The van der Waals surface area contributed by atoms with E-state index in [0.717, 1.165) is 5.57 Å². The van der Waals surface area contributed by atoms with Gasteiger partial charge in [0.15, 0.2) is 6.61 Å². The Hall–Kier alpha value is -2.30. The molecule has 20 heavy (non-hydrogen) atoms. The predicted molar refractivity (Wildman–Crippen MR) is 77.5 cm³/mol. The van der Waals surface area contributed by atoms with Gasteiger partial charge in [-0.05, 0) is 38.1 Å². The molecule has 0 aliphatic heterocycles.